The van der Waals surface area contributed by atoms with Crippen LogP contribution in [0.25, 0.3) is 0 Å². The molecule has 0 atom stereocenters. The van der Waals surface area contributed by atoms with Gasteiger partial charge in [-0.25, -0.2) is 0 Å². The second kappa shape index (κ2) is 4.49. The van der Waals surface area contributed by atoms with E-state index in [0.29, 0.717) is 13.1 Å². The van der Waals surface area contributed by atoms with Crippen molar-refractivity contribution in [1.29, 1.82) is 0 Å². The molecule has 4 nitrogen and oxygen atoms in total. The van der Waals surface area contributed by atoms with E-state index < -0.39 is 5.60 Å². The summed E-state index contributed by atoms with van der Waals surface area (Å²) in [5.41, 5.74) is -0.605. The van der Waals surface area contributed by atoms with Gasteiger partial charge >= 0.3 is 0 Å². The molecule has 86 valence electrons. The molecule has 0 radical (unpaired) electrons. The van der Waals surface area contributed by atoms with Crippen LogP contribution in [-0.4, -0.2) is 36.2 Å². The van der Waals surface area contributed by atoms with E-state index in [-0.39, 0.29) is 5.91 Å². The number of carbonyl (C=O) groups is 1. The largest absolute Gasteiger partial charge is 0.388 e. The SMILES string of the molecule is O=C(CNCC1CC1)NCC1(O)CCC1. The quantitative estimate of drug-likeness (QED) is 0.581. The highest BCUT2D eigenvalue weighted by molar-refractivity contribution is 5.78. The van der Waals surface area contributed by atoms with Gasteiger partial charge in [0, 0.05) is 6.54 Å². The lowest BCUT2D eigenvalue weighted by Gasteiger charge is -2.36. The van der Waals surface area contributed by atoms with E-state index in [0.717, 1.165) is 31.7 Å². The van der Waals surface area contributed by atoms with E-state index in [2.05, 4.69) is 10.6 Å². The minimum absolute atomic E-state index is 0.00373. The summed E-state index contributed by atoms with van der Waals surface area (Å²) in [6, 6.07) is 0. The number of nitrogens with one attached hydrogen (secondary N) is 2. The van der Waals surface area contributed by atoms with Gasteiger partial charge in [0.2, 0.25) is 5.91 Å². The highest BCUT2D eigenvalue weighted by Gasteiger charge is 2.34. The van der Waals surface area contributed by atoms with Crippen LogP contribution < -0.4 is 10.6 Å². The van der Waals surface area contributed by atoms with Gasteiger partial charge in [-0.3, -0.25) is 4.79 Å². The second-order valence-electron chi connectivity index (χ2n) is 4.93. The number of hydrogen-bond acceptors (Lipinski definition) is 3. The summed E-state index contributed by atoms with van der Waals surface area (Å²) in [5, 5.41) is 15.6. The molecule has 2 saturated carbocycles. The van der Waals surface area contributed by atoms with Crippen LogP contribution in [0.1, 0.15) is 32.1 Å². The molecule has 0 unspecified atom stereocenters. The van der Waals surface area contributed by atoms with Crippen molar-refractivity contribution in [1.82, 2.24) is 10.6 Å². The lowest BCUT2D eigenvalue weighted by atomic mass is 9.80. The molecular formula is C11H20N2O2. The number of hydrogen-bond donors (Lipinski definition) is 3. The van der Waals surface area contributed by atoms with Crippen LogP contribution in [0.2, 0.25) is 0 Å². The van der Waals surface area contributed by atoms with Gasteiger partial charge in [0.05, 0.1) is 12.1 Å². The van der Waals surface area contributed by atoms with Crippen molar-refractivity contribution >= 4 is 5.91 Å². The fourth-order valence-corrected chi connectivity index (χ4v) is 1.80. The van der Waals surface area contributed by atoms with E-state index in [1.54, 1.807) is 0 Å². The molecule has 15 heavy (non-hydrogen) atoms. The summed E-state index contributed by atoms with van der Waals surface area (Å²) < 4.78 is 0. The minimum Gasteiger partial charge on any atom is -0.388 e. The molecule has 0 spiro atoms. The maximum Gasteiger partial charge on any atom is 0.234 e. The van der Waals surface area contributed by atoms with Crippen molar-refractivity contribution in [3.63, 3.8) is 0 Å². The van der Waals surface area contributed by atoms with Crippen molar-refractivity contribution in [2.75, 3.05) is 19.6 Å². The molecule has 0 aliphatic heterocycles. The third-order valence-corrected chi connectivity index (χ3v) is 3.31. The van der Waals surface area contributed by atoms with Gasteiger partial charge in [0.1, 0.15) is 0 Å². The van der Waals surface area contributed by atoms with Crippen LogP contribution in [0, 0.1) is 5.92 Å². The maximum atomic E-state index is 11.3. The van der Waals surface area contributed by atoms with Gasteiger partial charge in [-0.15, -0.1) is 0 Å². The Hall–Kier alpha value is -0.610. The van der Waals surface area contributed by atoms with Gasteiger partial charge in [-0.1, -0.05) is 0 Å². The number of amides is 1. The molecule has 2 rings (SSSR count). The Kier molecular flexibility index (Phi) is 3.26. The zero-order valence-electron chi connectivity index (χ0n) is 9.09. The molecule has 0 heterocycles. The average molecular weight is 212 g/mol. The van der Waals surface area contributed by atoms with Crippen molar-refractivity contribution < 1.29 is 9.90 Å². The van der Waals surface area contributed by atoms with Crippen molar-refractivity contribution in [2.45, 2.75) is 37.7 Å². The Labute approximate surface area is 90.4 Å². The van der Waals surface area contributed by atoms with Crippen molar-refractivity contribution in [3.05, 3.63) is 0 Å². The molecule has 3 N–H and O–H groups in total. The Bertz CT molecular complexity index is 235. The van der Waals surface area contributed by atoms with E-state index in [4.69, 9.17) is 0 Å². The van der Waals surface area contributed by atoms with Crippen molar-refractivity contribution in [2.24, 2.45) is 5.92 Å². The maximum absolute atomic E-state index is 11.3. The number of aliphatic hydroxyl groups is 1. The second-order valence-corrected chi connectivity index (χ2v) is 4.93. The third-order valence-electron chi connectivity index (χ3n) is 3.31. The molecule has 0 aromatic rings. The van der Waals surface area contributed by atoms with Crippen LogP contribution in [-0.2, 0) is 4.79 Å². The molecule has 1 amide bonds. The third kappa shape index (κ3) is 3.47. The monoisotopic (exact) mass is 212 g/mol. The fraction of sp³-hybridized carbons (Fsp3) is 0.909. The van der Waals surface area contributed by atoms with Crippen molar-refractivity contribution in [3.8, 4) is 0 Å². The molecule has 0 aromatic carbocycles. The molecule has 4 heteroatoms. The number of rotatable bonds is 6. The van der Waals surface area contributed by atoms with Crippen LogP contribution >= 0.6 is 0 Å². The summed E-state index contributed by atoms with van der Waals surface area (Å²) in [7, 11) is 0. The molecule has 0 aromatic heterocycles. The lowest BCUT2D eigenvalue weighted by Crippen LogP contribution is -2.49. The molecular weight excluding hydrogens is 192 g/mol. The Balaban J connectivity index is 1.51. The molecule has 0 saturated heterocycles. The minimum atomic E-state index is -0.605. The first-order valence-electron chi connectivity index (χ1n) is 5.88. The van der Waals surface area contributed by atoms with Gasteiger partial charge in [-0.05, 0) is 44.6 Å². The summed E-state index contributed by atoms with van der Waals surface area (Å²) >= 11 is 0. The Morgan fingerprint density at radius 2 is 2.13 bits per heavy atom. The first kappa shape index (κ1) is 10.9. The van der Waals surface area contributed by atoms with E-state index in [1.807, 2.05) is 0 Å². The molecule has 2 aliphatic rings. The zero-order chi connectivity index (χ0) is 10.7. The van der Waals surface area contributed by atoms with Gasteiger partial charge in [0.15, 0.2) is 0 Å². The average Bonchev–Trinajstić information content (AvgIpc) is 2.95. The first-order chi connectivity index (χ1) is 7.18. The van der Waals surface area contributed by atoms with Gasteiger partial charge in [0.25, 0.3) is 0 Å². The Morgan fingerprint density at radius 3 is 2.67 bits per heavy atom. The molecule has 2 fully saturated rings. The van der Waals surface area contributed by atoms with Gasteiger partial charge in [-0.2, -0.15) is 0 Å². The first-order valence-corrected chi connectivity index (χ1v) is 5.88. The normalized spacial score (nSPS) is 23.3. The summed E-state index contributed by atoms with van der Waals surface area (Å²) in [6.45, 7) is 1.75. The highest BCUT2D eigenvalue weighted by Crippen LogP contribution is 2.30. The van der Waals surface area contributed by atoms with E-state index in [9.17, 15) is 9.90 Å². The zero-order valence-corrected chi connectivity index (χ0v) is 9.09. The fourth-order valence-electron chi connectivity index (χ4n) is 1.80. The topological polar surface area (TPSA) is 61.4 Å². The van der Waals surface area contributed by atoms with E-state index >= 15 is 0 Å². The summed E-state index contributed by atoms with van der Waals surface area (Å²) in [5.74, 6) is 0.796. The van der Waals surface area contributed by atoms with Crippen LogP contribution in [0.4, 0.5) is 0 Å². The van der Waals surface area contributed by atoms with Crippen LogP contribution in [0.5, 0.6) is 0 Å². The summed E-state index contributed by atoms with van der Waals surface area (Å²) in [4.78, 5) is 11.3. The number of carbonyl (C=O) groups excluding carboxylic acids is 1. The standard InChI is InChI=1S/C11H20N2O2/c14-10(7-12-6-9-2-3-9)13-8-11(15)4-1-5-11/h9,12,15H,1-8H2,(H,13,14). The predicted octanol–water partition coefficient (Wildman–Crippen LogP) is 0.0172. The lowest BCUT2D eigenvalue weighted by molar-refractivity contribution is -0.122. The van der Waals surface area contributed by atoms with E-state index in [1.165, 1.54) is 12.8 Å². The van der Waals surface area contributed by atoms with Crippen LogP contribution in [0.15, 0.2) is 0 Å². The van der Waals surface area contributed by atoms with Crippen LogP contribution in [0.3, 0.4) is 0 Å². The Morgan fingerprint density at radius 1 is 1.40 bits per heavy atom. The van der Waals surface area contributed by atoms with Gasteiger partial charge < -0.3 is 15.7 Å². The molecule has 0 bridgehead atoms. The highest BCUT2D eigenvalue weighted by atomic mass is 16.3. The summed E-state index contributed by atoms with van der Waals surface area (Å²) in [6.07, 6.45) is 5.32. The molecule has 2 aliphatic carbocycles. The predicted molar refractivity (Wildman–Crippen MR) is 57.4 cm³/mol. The smallest absolute Gasteiger partial charge is 0.234 e.